The summed E-state index contributed by atoms with van der Waals surface area (Å²) in [6, 6.07) is 7.54. The molecule has 0 radical (unpaired) electrons. The lowest BCUT2D eigenvalue weighted by Gasteiger charge is -2.34. The van der Waals surface area contributed by atoms with Crippen LogP contribution in [-0.4, -0.2) is 54.1 Å². The molecule has 6 nitrogen and oxygen atoms in total. The number of anilines is 1. The van der Waals surface area contributed by atoms with Gasteiger partial charge in [-0.25, -0.2) is 0 Å². The smallest absolute Gasteiger partial charge is 0.241 e. The maximum absolute atomic E-state index is 12.5. The number of hydrogen-bond acceptors (Lipinski definition) is 4. The van der Waals surface area contributed by atoms with Crippen LogP contribution in [0.5, 0.6) is 0 Å². The number of likely N-dealkylation sites (tertiary alicyclic amines) is 1. The molecule has 1 heterocycles. The number of carbonyl (C=O) groups excluding carboxylic acids is 2. The van der Waals surface area contributed by atoms with Gasteiger partial charge in [0.2, 0.25) is 11.8 Å². The molecule has 1 aromatic rings. The molecule has 0 bridgehead atoms. The lowest BCUT2D eigenvalue weighted by atomic mass is 9.95. The van der Waals surface area contributed by atoms with Crippen LogP contribution in [0.3, 0.4) is 0 Å². The molecule has 6 heteroatoms. The summed E-state index contributed by atoms with van der Waals surface area (Å²) in [6.07, 6.45) is 2.10. The Hall–Kier alpha value is -1.92. The molecule has 1 fully saturated rings. The highest BCUT2D eigenvalue weighted by atomic mass is 16.3. The predicted molar refractivity (Wildman–Crippen MR) is 98.3 cm³/mol. The standard InChI is InChI=1S/C19H29N3O3/c1-14-5-3-6-17(13-14)21-18(24)15(2)22-10-7-16(8-11-22)19(25)20-9-4-12-23/h3,5-6,13,15-16,23H,4,7-12H2,1-2H3,(H,20,25)(H,21,24)/t15-/m0/s1. The number of amides is 2. The number of rotatable bonds is 7. The van der Waals surface area contributed by atoms with Crippen molar-refractivity contribution in [3.05, 3.63) is 29.8 Å². The average molecular weight is 347 g/mol. The van der Waals surface area contributed by atoms with Crippen molar-refractivity contribution in [3.8, 4) is 0 Å². The van der Waals surface area contributed by atoms with Crippen molar-refractivity contribution in [2.24, 2.45) is 5.92 Å². The number of nitrogens with zero attached hydrogens (tertiary/aromatic N) is 1. The maximum atomic E-state index is 12.5. The maximum Gasteiger partial charge on any atom is 0.241 e. The molecule has 1 aromatic carbocycles. The highest BCUT2D eigenvalue weighted by Crippen LogP contribution is 2.20. The minimum atomic E-state index is -0.223. The predicted octanol–water partition coefficient (Wildman–Crippen LogP) is 1.53. The number of aliphatic hydroxyl groups excluding tert-OH is 1. The van der Waals surface area contributed by atoms with E-state index in [9.17, 15) is 9.59 Å². The summed E-state index contributed by atoms with van der Waals surface area (Å²) in [6.45, 7) is 5.99. The number of aryl methyl sites for hydroxylation is 1. The summed E-state index contributed by atoms with van der Waals surface area (Å²) in [7, 11) is 0. The molecule has 2 amide bonds. The molecule has 0 aromatic heterocycles. The minimum Gasteiger partial charge on any atom is -0.396 e. The third-order valence-electron chi connectivity index (χ3n) is 4.75. The molecule has 1 aliphatic heterocycles. The normalized spacial score (nSPS) is 17.1. The van der Waals surface area contributed by atoms with Crippen molar-refractivity contribution in [1.82, 2.24) is 10.2 Å². The van der Waals surface area contributed by atoms with Gasteiger partial charge in [0.15, 0.2) is 0 Å². The van der Waals surface area contributed by atoms with Gasteiger partial charge in [-0.05, 0) is 63.9 Å². The monoisotopic (exact) mass is 347 g/mol. The van der Waals surface area contributed by atoms with E-state index in [1.807, 2.05) is 38.1 Å². The molecule has 25 heavy (non-hydrogen) atoms. The fourth-order valence-corrected chi connectivity index (χ4v) is 3.12. The van der Waals surface area contributed by atoms with E-state index in [1.54, 1.807) is 0 Å². The minimum absolute atomic E-state index is 0.00183. The summed E-state index contributed by atoms with van der Waals surface area (Å²) in [5.41, 5.74) is 1.92. The van der Waals surface area contributed by atoms with E-state index in [1.165, 1.54) is 0 Å². The van der Waals surface area contributed by atoms with Crippen molar-refractivity contribution in [1.29, 1.82) is 0 Å². The molecule has 1 atom stereocenters. The first kappa shape index (κ1) is 19.4. The lowest BCUT2D eigenvalue weighted by Crippen LogP contribution is -2.48. The fourth-order valence-electron chi connectivity index (χ4n) is 3.12. The number of nitrogens with one attached hydrogen (secondary N) is 2. The molecule has 0 unspecified atom stereocenters. The van der Waals surface area contributed by atoms with E-state index < -0.39 is 0 Å². The third-order valence-corrected chi connectivity index (χ3v) is 4.75. The molecule has 0 aliphatic carbocycles. The molecular formula is C19H29N3O3. The van der Waals surface area contributed by atoms with E-state index >= 15 is 0 Å². The van der Waals surface area contributed by atoms with Crippen LogP contribution in [0.15, 0.2) is 24.3 Å². The van der Waals surface area contributed by atoms with Crippen LogP contribution in [0.4, 0.5) is 5.69 Å². The van der Waals surface area contributed by atoms with Crippen LogP contribution in [-0.2, 0) is 9.59 Å². The number of piperidine rings is 1. The second-order valence-electron chi connectivity index (χ2n) is 6.71. The number of aliphatic hydroxyl groups is 1. The van der Waals surface area contributed by atoms with Crippen molar-refractivity contribution in [3.63, 3.8) is 0 Å². The molecule has 0 spiro atoms. The van der Waals surface area contributed by atoms with Gasteiger partial charge in [-0.1, -0.05) is 12.1 Å². The number of hydrogen-bond donors (Lipinski definition) is 3. The second kappa shape index (κ2) is 9.53. The Labute approximate surface area is 149 Å². The molecule has 1 saturated heterocycles. The Balaban J connectivity index is 1.79. The Bertz CT molecular complexity index is 583. The van der Waals surface area contributed by atoms with Crippen LogP contribution >= 0.6 is 0 Å². The van der Waals surface area contributed by atoms with Gasteiger partial charge in [0, 0.05) is 24.8 Å². The van der Waals surface area contributed by atoms with Gasteiger partial charge in [-0.15, -0.1) is 0 Å². The summed E-state index contributed by atoms with van der Waals surface area (Å²) >= 11 is 0. The Morgan fingerprint density at radius 1 is 1.32 bits per heavy atom. The van der Waals surface area contributed by atoms with Gasteiger partial charge in [0.25, 0.3) is 0 Å². The van der Waals surface area contributed by atoms with Crippen LogP contribution < -0.4 is 10.6 Å². The summed E-state index contributed by atoms with van der Waals surface area (Å²) in [5.74, 6) is 0.0448. The highest BCUT2D eigenvalue weighted by molar-refractivity contribution is 5.94. The Morgan fingerprint density at radius 2 is 2.04 bits per heavy atom. The largest absolute Gasteiger partial charge is 0.396 e. The van der Waals surface area contributed by atoms with Gasteiger partial charge in [-0.3, -0.25) is 14.5 Å². The molecule has 3 N–H and O–H groups in total. The topological polar surface area (TPSA) is 81.7 Å². The number of carbonyl (C=O) groups is 2. The summed E-state index contributed by atoms with van der Waals surface area (Å²) < 4.78 is 0. The van der Waals surface area contributed by atoms with E-state index in [0.717, 1.165) is 37.2 Å². The van der Waals surface area contributed by atoms with Gasteiger partial charge in [0.1, 0.15) is 0 Å². The van der Waals surface area contributed by atoms with Gasteiger partial charge in [-0.2, -0.15) is 0 Å². The zero-order valence-electron chi connectivity index (χ0n) is 15.1. The van der Waals surface area contributed by atoms with Crippen LogP contribution in [0, 0.1) is 12.8 Å². The van der Waals surface area contributed by atoms with Gasteiger partial charge in [0.05, 0.1) is 6.04 Å². The van der Waals surface area contributed by atoms with E-state index in [-0.39, 0.29) is 30.4 Å². The molecule has 0 saturated carbocycles. The molecular weight excluding hydrogens is 318 g/mol. The fraction of sp³-hybridized carbons (Fsp3) is 0.579. The molecule has 1 aliphatic rings. The quantitative estimate of drug-likeness (QED) is 0.654. The summed E-state index contributed by atoms with van der Waals surface area (Å²) in [5, 5.41) is 14.6. The summed E-state index contributed by atoms with van der Waals surface area (Å²) in [4.78, 5) is 26.7. The highest BCUT2D eigenvalue weighted by Gasteiger charge is 2.29. The third kappa shape index (κ3) is 5.83. The van der Waals surface area contributed by atoms with E-state index in [0.29, 0.717) is 13.0 Å². The van der Waals surface area contributed by atoms with Crippen molar-refractivity contribution >= 4 is 17.5 Å². The first-order valence-corrected chi connectivity index (χ1v) is 9.01. The van der Waals surface area contributed by atoms with E-state index in [4.69, 9.17) is 5.11 Å². The second-order valence-corrected chi connectivity index (χ2v) is 6.71. The zero-order valence-corrected chi connectivity index (χ0v) is 15.1. The van der Waals surface area contributed by atoms with Crippen molar-refractivity contribution in [2.75, 3.05) is 31.6 Å². The molecule has 2 rings (SSSR count). The Kier molecular flexibility index (Phi) is 7.40. The van der Waals surface area contributed by atoms with Gasteiger partial charge < -0.3 is 15.7 Å². The van der Waals surface area contributed by atoms with Crippen LogP contribution in [0.2, 0.25) is 0 Å². The first-order valence-electron chi connectivity index (χ1n) is 9.01. The van der Waals surface area contributed by atoms with Gasteiger partial charge >= 0.3 is 0 Å². The van der Waals surface area contributed by atoms with Crippen molar-refractivity contribution in [2.45, 2.75) is 39.2 Å². The number of benzene rings is 1. The SMILES string of the molecule is Cc1cccc(NC(=O)[C@H](C)N2CCC(C(=O)NCCCO)CC2)c1. The van der Waals surface area contributed by atoms with Crippen LogP contribution in [0.25, 0.3) is 0 Å². The first-order chi connectivity index (χ1) is 12.0. The average Bonchev–Trinajstić information content (AvgIpc) is 2.61. The zero-order chi connectivity index (χ0) is 18.2. The van der Waals surface area contributed by atoms with Crippen molar-refractivity contribution < 1.29 is 14.7 Å². The molecule has 138 valence electrons. The lowest BCUT2D eigenvalue weighted by molar-refractivity contribution is -0.127. The van der Waals surface area contributed by atoms with Crippen LogP contribution in [0.1, 0.15) is 31.7 Å². The Morgan fingerprint density at radius 3 is 2.68 bits per heavy atom. The van der Waals surface area contributed by atoms with E-state index in [2.05, 4.69) is 15.5 Å².